The first-order chi connectivity index (χ1) is 11.4. The van der Waals surface area contributed by atoms with Crippen molar-refractivity contribution in [3.05, 3.63) is 59.7 Å². The van der Waals surface area contributed by atoms with Gasteiger partial charge in [-0.2, -0.15) is 0 Å². The standard InChI is InChI=1S/C17H17NO5S/c19-14-10-13-3-1-2-4-16(13)18(11-14)24(22,23)15-7-5-12(6-8-15)9-17(20)21/h1-8,14,19H,9-11H2,(H,20,21). The van der Waals surface area contributed by atoms with Gasteiger partial charge in [-0.3, -0.25) is 9.10 Å². The summed E-state index contributed by atoms with van der Waals surface area (Å²) in [5, 5.41) is 18.8. The molecule has 3 rings (SSSR count). The molecule has 1 heterocycles. The molecular weight excluding hydrogens is 330 g/mol. The molecular formula is C17H17NO5S. The molecule has 0 amide bonds. The molecule has 2 aromatic carbocycles. The Bertz CT molecular complexity index is 861. The van der Waals surface area contributed by atoms with Crippen molar-refractivity contribution in [2.75, 3.05) is 10.8 Å². The summed E-state index contributed by atoms with van der Waals surface area (Å²) in [6, 6.07) is 12.9. The van der Waals surface area contributed by atoms with Crippen LogP contribution >= 0.6 is 0 Å². The molecule has 0 radical (unpaired) electrons. The number of rotatable bonds is 4. The van der Waals surface area contributed by atoms with Gasteiger partial charge >= 0.3 is 5.97 Å². The lowest BCUT2D eigenvalue weighted by molar-refractivity contribution is -0.136. The monoisotopic (exact) mass is 347 g/mol. The van der Waals surface area contributed by atoms with Gasteiger partial charge in [-0.1, -0.05) is 30.3 Å². The molecule has 0 saturated carbocycles. The fourth-order valence-electron chi connectivity index (χ4n) is 2.84. The summed E-state index contributed by atoms with van der Waals surface area (Å²) in [6.45, 7) is -0.00375. The smallest absolute Gasteiger partial charge is 0.307 e. The molecule has 1 aliphatic heterocycles. The van der Waals surface area contributed by atoms with Gasteiger partial charge in [0, 0.05) is 6.42 Å². The first kappa shape index (κ1) is 16.5. The van der Waals surface area contributed by atoms with Crippen LogP contribution in [0.5, 0.6) is 0 Å². The van der Waals surface area contributed by atoms with Gasteiger partial charge in [0.1, 0.15) is 0 Å². The van der Waals surface area contributed by atoms with E-state index in [2.05, 4.69) is 0 Å². The molecule has 1 unspecified atom stereocenters. The fraction of sp³-hybridized carbons (Fsp3) is 0.235. The van der Waals surface area contributed by atoms with Crippen LogP contribution in [0.25, 0.3) is 0 Å². The third-order valence-electron chi connectivity index (χ3n) is 3.96. The third-order valence-corrected chi connectivity index (χ3v) is 5.75. The Morgan fingerprint density at radius 3 is 2.46 bits per heavy atom. The molecule has 24 heavy (non-hydrogen) atoms. The van der Waals surface area contributed by atoms with E-state index >= 15 is 0 Å². The Kier molecular flexibility index (Phi) is 4.29. The number of benzene rings is 2. The van der Waals surface area contributed by atoms with E-state index in [4.69, 9.17) is 5.11 Å². The summed E-state index contributed by atoms with van der Waals surface area (Å²) in [4.78, 5) is 10.8. The minimum Gasteiger partial charge on any atom is -0.481 e. The molecule has 0 fully saturated rings. The van der Waals surface area contributed by atoms with Crippen LogP contribution in [0, 0.1) is 0 Å². The minimum absolute atomic E-state index is 0.00375. The van der Waals surface area contributed by atoms with Crippen molar-refractivity contribution >= 4 is 21.7 Å². The second-order valence-electron chi connectivity index (χ2n) is 5.74. The fourth-order valence-corrected chi connectivity index (χ4v) is 4.38. The highest BCUT2D eigenvalue weighted by molar-refractivity contribution is 7.92. The highest BCUT2D eigenvalue weighted by atomic mass is 32.2. The lowest BCUT2D eigenvalue weighted by Gasteiger charge is -2.33. The van der Waals surface area contributed by atoms with E-state index in [-0.39, 0.29) is 17.9 Å². The van der Waals surface area contributed by atoms with Crippen LogP contribution < -0.4 is 4.31 Å². The van der Waals surface area contributed by atoms with Gasteiger partial charge in [0.2, 0.25) is 0 Å². The zero-order chi connectivity index (χ0) is 17.3. The number of anilines is 1. The summed E-state index contributed by atoms with van der Waals surface area (Å²) < 4.78 is 27.1. The number of hydrogen-bond acceptors (Lipinski definition) is 4. The number of aliphatic carboxylic acids is 1. The number of hydrogen-bond donors (Lipinski definition) is 2. The third kappa shape index (κ3) is 3.13. The Morgan fingerprint density at radius 2 is 1.79 bits per heavy atom. The molecule has 0 bridgehead atoms. The largest absolute Gasteiger partial charge is 0.481 e. The van der Waals surface area contributed by atoms with Crippen LogP contribution in [0.3, 0.4) is 0 Å². The van der Waals surface area contributed by atoms with Crippen LogP contribution in [0.4, 0.5) is 5.69 Å². The summed E-state index contributed by atoms with van der Waals surface area (Å²) in [6.07, 6.45) is -0.508. The molecule has 2 aromatic rings. The zero-order valence-electron chi connectivity index (χ0n) is 12.8. The van der Waals surface area contributed by atoms with Gasteiger partial charge in [-0.05, 0) is 29.3 Å². The average Bonchev–Trinajstić information content (AvgIpc) is 2.54. The maximum Gasteiger partial charge on any atom is 0.307 e. The topological polar surface area (TPSA) is 94.9 Å². The van der Waals surface area contributed by atoms with Crippen molar-refractivity contribution in [3.8, 4) is 0 Å². The Hall–Kier alpha value is -2.38. The van der Waals surface area contributed by atoms with E-state index in [1.165, 1.54) is 28.6 Å². The summed E-state index contributed by atoms with van der Waals surface area (Å²) in [5.41, 5.74) is 1.88. The maximum atomic E-state index is 12.9. The lowest BCUT2D eigenvalue weighted by atomic mass is 10.0. The Morgan fingerprint density at radius 1 is 1.12 bits per heavy atom. The van der Waals surface area contributed by atoms with E-state index in [1.54, 1.807) is 18.2 Å². The van der Waals surface area contributed by atoms with Crippen molar-refractivity contribution in [2.24, 2.45) is 0 Å². The van der Waals surface area contributed by atoms with Crippen molar-refractivity contribution in [3.63, 3.8) is 0 Å². The van der Waals surface area contributed by atoms with Crippen molar-refractivity contribution in [2.45, 2.75) is 23.8 Å². The SMILES string of the molecule is O=C(O)Cc1ccc(S(=O)(=O)N2CC(O)Cc3ccccc32)cc1. The van der Waals surface area contributed by atoms with E-state index in [9.17, 15) is 18.3 Å². The van der Waals surface area contributed by atoms with Crippen LogP contribution in [0.1, 0.15) is 11.1 Å². The van der Waals surface area contributed by atoms with Crippen LogP contribution in [0.15, 0.2) is 53.4 Å². The second-order valence-corrected chi connectivity index (χ2v) is 7.60. The van der Waals surface area contributed by atoms with E-state index in [0.717, 1.165) is 5.56 Å². The maximum absolute atomic E-state index is 12.9. The number of sulfonamides is 1. The number of carboxylic acids is 1. The molecule has 0 spiro atoms. The van der Waals surface area contributed by atoms with Crippen LogP contribution in [-0.4, -0.2) is 37.2 Å². The van der Waals surface area contributed by atoms with Crippen LogP contribution in [-0.2, 0) is 27.7 Å². The first-order valence-corrected chi connectivity index (χ1v) is 8.91. The number of carboxylic acid groups (broad SMARTS) is 1. The average molecular weight is 347 g/mol. The summed E-state index contributed by atoms with van der Waals surface area (Å²) in [5.74, 6) is -0.973. The molecule has 0 saturated heterocycles. The summed E-state index contributed by atoms with van der Waals surface area (Å²) >= 11 is 0. The molecule has 0 aliphatic carbocycles. The van der Waals surface area contributed by atoms with Crippen LogP contribution in [0.2, 0.25) is 0 Å². The normalized spacial score (nSPS) is 17.4. The predicted octanol–water partition coefficient (Wildman–Crippen LogP) is 1.43. The van der Waals surface area contributed by atoms with Crippen molar-refractivity contribution in [1.82, 2.24) is 0 Å². The van der Waals surface area contributed by atoms with Gasteiger partial charge < -0.3 is 10.2 Å². The zero-order valence-corrected chi connectivity index (χ0v) is 13.6. The van der Waals surface area contributed by atoms with E-state index in [1.807, 2.05) is 6.07 Å². The number of aliphatic hydroxyl groups excluding tert-OH is 1. The Balaban J connectivity index is 1.97. The first-order valence-electron chi connectivity index (χ1n) is 7.47. The molecule has 126 valence electrons. The molecule has 1 atom stereocenters. The number of aliphatic hydroxyl groups is 1. The highest BCUT2D eigenvalue weighted by Crippen LogP contribution is 2.31. The number of β-amino-alcohol motifs (C(OH)–C–C–N with tert-alkyl or cyclic N) is 1. The van der Waals surface area contributed by atoms with Gasteiger partial charge in [0.15, 0.2) is 0 Å². The van der Waals surface area contributed by atoms with Gasteiger partial charge in [0.05, 0.1) is 29.7 Å². The molecule has 1 aliphatic rings. The van der Waals surface area contributed by atoms with Crippen molar-refractivity contribution < 1.29 is 23.4 Å². The number of para-hydroxylation sites is 1. The van der Waals surface area contributed by atoms with Gasteiger partial charge in [-0.25, -0.2) is 8.42 Å². The molecule has 6 nitrogen and oxygen atoms in total. The minimum atomic E-state index is -3.83. The number of nitrogens with zero attached hydrogens (tertiary/aromatic N) is 1. The molecule has 7 heteroatoms. The van der Waals surface area contributed by atoms with Crippen molar-refractivity contribution in [1.29, 1.82) is 0 Å². The van der Waals surface area contributed by atoms with Gasteiger partial charge in [0.25, 0.3) is 10.0 Å². The highest BCUT2D eigenvalue weighted by Gasteiger charge is 2.32. The number of carbonyl (C=O) groups is 1. The second kappa shape index (κ2) is 6.26. The predicted molar refractivity (Wildman–Crippen MR) is 88.5 cm³/mol. The van der Waals surface area contributed by atoms with E-state index in [0.29, 0.717) is 17.7 Å². The molecule has 2 N–H and O–H groups in total. The lowest BCUT2D eigenvalue weighted by Crippen LogP contribution is -2.42. The summed E-state index contributed by atoms with van der Waals surface area (Å²) in [7, 11) is -3.83. The number of fused-ring (bicyclic) bond motifs is 1. The quantitative estimate of drug-likeness (QED) is 0.872. The Labute approximate surface area is 140 Å². The van der Waals surface area contributed by atoms with E-state index < -0.39 is 22.1 Å². The van der Waals surface area contributed by atoms with Gasteiger partial charge in [-0.15, -0.1) is 0 Å². The molecule has 0 aromatic heterocycles.